The Morgan fingerprint density at radius 3 is 1.50 bits per heavy atom. The van der Waals surface area contributed by atoms with Crippen LogP contribution >= 0.6 is 7.82 Å². The molecule has 0 spiro atoms. The average molecular weight is 746 g/mol. The highest BCUT2D eigenvalue weighted by Gasteiger charge is 2.25. The van der Waals surface area contributed by atoms with Crippen molar-refractivity contribution in [3.05, 3.63) is 97.2 Å². The van der Waals surface area contributed by atoms with E-state index in [4.69, 9.17) is 24.3 Å². The molecule has 0 radical (unpaired) electrons. The Balaban J connectivity index is 4.19. The number of nitrogens with two attached hydrogens (primary N) is 1. The van der Waals surface area contributed by atoms with Crippen LogP contribution in [0.2, 0.25) is 0 Å². The first-order valence-electron chi connectivity index (χ1n) is 19.7. The van der Waals surface area contributed by atoms with Gasteiger partial charge < -0.3 is 20.1 Å². The van der Waals surface area contributed by atoms with Crippen molar-refractivity contribution < 1.29 is 32.8 Å². The molecule has 0 aliphatic rings. The second kappa shape index (κ2) is 39.6. The molecule has 296 valence electrons. The van der Waals surface area contributed by atoms with Gasteiger partial charge in [0.05, 0.1) is 19.8 Å². The number of esters is 1. The predicted octanol–water partition coefficient (Wildman–Crippen LogP) is 11.5. The van der Waals surface area contributed by atoms with Gasteiger partial charge in [0, 0.05) is 19.6 Å². The highest BCUT2D eigenvalue weighted by molar-refractivity contribution is 7.47. The fourth-order valence-electron chi connectivity index (χ4n) is 4.68. The molecule has 52 heavy (non-hydrogen) atoms. The van der Waals surface area contributed by atoms with Crippen molar-refractivity contribution in [2.45, 2.75) is 136 Å². The normalized spacial score (nSPS) is 14.6. The van der Waals surface area contributed by atoms with Crippen LogP contribution in [0.5, 0.6) is 0 Å². The van der Waals surface area contributed by atoms with Crippen LogP contribution in [0, 0.1) is 0 Å². The maximum atomic E-state index is 12.5. The largest absolute Gasteiger partial charge is 0.472 e. The van der Waals surface area contributed by atoms with E-state index in [1.165, 1.54) is 0 Å². The molecule has 0 fully saturated rings. The molecule has 0 rings (SSSR count). The van der Waals surface area contributed by atoms with Crippen molar-refractivity contribution in [3.8, 4) is 0 Å². The van der Waals surface area contributed by atoms with Gasteiger partial charge in [-0.3, -0.25) is 13.8 Å². The Bertz CT molecular complexity index is 1110. The molecule has 0 aliphatic heterocycles. The van der Waals surface area contributed by atoms with Gasteiger partial charge in [-0.15, -0.1) is 0 Å². The molecule has 2 unspecified atom stereocenters. The molecule has 0 aromatic heterocycles. The lowest BCUT2D eigenvalue weighted by molar-refractivity contribution is -0.154. The number of ether oxygens (including phenoxy) is 2. The summed E-state index contributed by atoms with van der Waals surface area (Å²) in [6, 6.07) is 0. The van der Waals surface area contributed by atoms with Crippen molar-refractivity contribution in [3.63, 3.8) is 0 Å². The number of phosphoric acid groups is 1. The first-order chi connectivity index (χ1) is 25.4. The quantitative estimate of drug-likeness (QED) is 0.0282. The van der Waals surface area contributed by atoms with Crippen LogP contribution < -0.4 is 5.73 Å². The summed E-state index contributed by atoms with van der Waals surface area (Å²) in [5.41, 5.74) is 5.35. The van der Waals surface area contributed by atoms with E-state index in [2.05, 4.69) is 111 Å². The van der Waals surface area contributed by atoms with Crippen LogP contribution in [0.4, 0.5) is 0 Å². The first kappa shape index (κ1) is 49.4. The fraction of sp³-hybridized carbons (Fsp3) is 0.605. The van der Waals surface area contributed by atoms with Gasteiger partial charge in [-0.25, -0.2) is 4.57 Å². The third kappa shape index (κ3) is 38.6. The molecule has 0 amide bonds. The number of phosphoric ester groups is 1. The zero-order chi connectivity index (χ0) is 38.1. The Labute approximate surface area is 317 Å². The summed E-state index contributed by atoms with van der Waals surface area (Å²) in [7, 11) is -4.30. The van der Waals surface area contributed by atoms with E-state index in [0.717, 1.165) is 103 Å². The molecule has 0 heterocycles. The lowest BCUT2D eigenvalue weighted by Gasteiger charge is -2.20. The van der Waals surface area contributed by atoms with Gasteiger partial charge in [0.25, 0.3) is 0 Å². The first-order valence-corrected chi connectivity index (χ1v) is 21.2. The van der Waals surface area contributed by atoms with Crippen LogP contribution in [0.1, 0.15) is 129 Å². The van der Waals surface area contributed by atoms with Gasteiger partial charge in [-0.2, -0.15) is 0 Å². The Kier molecular flexibility index (Phi) is 37.7. The zero-order valence-corrected chi connectivity index (χ0v) is 33.4. The molecule has 3 N–H and O–H groups in total. The summed E-state index contributed by atoms with van der Waals surface area (Å²) in [6.45, 7) is 4.54. The molecule has 0 aromatic carbocycles. The topological polar surface area (TPSA) is 117 Å². The number of rotatable bonds is 36. The summed E-state index contributed by atoms with van der Waals surface area (Å²) < 4.78 is 33.3. The fourth-order valence-corrected chi connectivity index (χ4v) is 5.45. The van der Waals surface area contributed by atoms with E-state index in [-0.39, 0.29) is 38.8 Å². The van der Waals surface area contributed by atoms with Crippen molar-refractivity contribution in [2.75, 3.05) is 33.0 Å². The third-order valence-electron chi connectivity index (χ3n) is 7.50. The molecular weight excluding hydrogens is 673 g/mol. The molecule has 0 saturated carbocycles. The number of unbranched alkanes of at least 4 members (excludes halogenated alkanes) is 7. The van der Waals surface area contributed by atoms with E-state index < -0.39 is 13.9 Å². The average Bonchev–Trinajstić information content (AvgIpc) is 3.13. The zero-order valence-electron chi connectivity index (χ0n) is 32.5. The van der Waals surface area contributed by atoms with E-state index in [1.54, 1.807) is 0 Å². The van der Waals surface area contributed by atoms with Gasteiger partial charge in [-0.05, 0) is 89.9 Å². The standard InChI is InChI=1S/C43H72NO7P/c1-3-5-7-9-11-13-15-17-18-19-20-21-22-23-25-27-29-31-33-35-38-48-40-42(41-50-52(46,47)49-39-37-44)51-43(45)36-34-32-30-28-26-24-16-14-12-10-8-6-4-2/h5-8,11-14,17-18,20-21,23-26,42H,3-4,9-10,15-16,19,22,27-41,44H2,1-2H3,(H,46,47)/b7-5-,8-6-,13-11-,14-12-,18-17-,21-20-,25-23-,26-24-. The summed E-state index contributed by atoms with van der Waals surface area (Å²) in [6.07, 6.45) is 51.4. The van der Waals surface area contributed by atoms with E-state index >= 15 is 0 Å². The number of hydrogen-bond donors (Lipinski definition) is 2. The van der Waals surface area contributed by atoms with E-state index in [0.29, 0.717) is 13.0 Å². The van der Waals surface area contributed by atoms with Gasteiger partial charge in [0.2, 0.25) is 0 Å². The minimum atomic E-state index is -4.30. The molecule has 0 aromatic rings. The summed E-state index contributed by atoms with van der Waals surface area (Å²) in [4.78, 5) is 22.4. The Morgan fingerprint density at radius 2 is 1.02 bits per heavy atom. The second-order valence-electron chi connectivity index (χ2n) is 12.4. The molecular formula is C43H72NO7P. The van der Waals surface area contributed by atoms with Crippen molar-refractivity contribution in [1.82, 2.24) is 0 Å². The number of hydrogen-bond acceptors (Lipinski definition) is 7. The lowest BCUT2D eigenvalue weighted by Crippen LogP contribution is -2.28. The van der Waals surface area contributed by atoms with Crippen LogP contribution in [0.25, 0.3) is 0 Å². The van der Waals surface area contributed by atoms with E-state index in [1.807, 2.05) is 0 Å². The number of carbonyl (C=O) groups excluding carboxylic acids is 1. The summed E-state index contributed by atoms with van der Waals surface area (Å²) >= 11 is 0. The van der Waals surface area contributed by atoms with Crippen molar-refractivity contribution in [1.29, 1.82) is 0 Å². The molecule has 9 heteroatoms. The van der Waals surface area contributed by atoms with Crippen LogP contribution in [-0.4, -0.2) is 49.9 Å². The van der Waals surface area contributed by atoms with Crippen LogP contribution in [0.3, 0.4) is 0 Å². The van der Waals surface area contributed by atoms with Gasteiger partial charge in [0.1, 0.15) is 6.10 Å². The smallest absolute Gasteiger partial charge is 0.457 e. The molecule has 8 nitrogen and oxygen atoms in total. The summed E-state index contributed by atoms with van der Waals surface area (Å²) in [5.74, 6) is -0.374. The molecule has 2 atom stereocenters. The highest BCUT2D eigenvalue weighted by Crippen LogP contribution is 2.43. The lowest BCUT2D eigenvalue weighted by atomic mass is 10.1. The molecule has 0 bridgehead atoms. The third-order valence-corrected chi connectivity index (χ3v) is 8.48. The SMILES string of the molecule is CC/C=C\C/C=C\C/C=C\C/C=C\C/C=C\CCCCCCOCC(COP(=O)(O)OCCN)OC(=O)CCCCC/C=C\C/C=C\C/C=C\CC. The van der Waals surface area contributed by atoms with Crippen LogP contribution in [0.15, 0.2) is 97.2 Å². The Hall–Kier alpha value is -2.58. The second-order valence-corrected chi connectivity index (χ2v) is 13.8. The number of allylic oxidation sites excluding steroid dienone is 16. The molecule has 0 saturated heterocycles. The molecule has 0 aliphatic carbocycles. The maximum absolute atomic E-state index is 12.5. The number of carbonyl (C=O) groups is 1. The van der Waals surface area contributed by atoms with Gasteiger partial charge in [0.15, 0.2) is 0 Å². The summed E-state index contributed by atoms with van der Waals surface area (Å²) in [5, 5.41) is 0. The van der Waals surface area contributed by atoms with Crippen molar-refractivity contribution >= 4 is 13.8 Å². The van der Waals surface area contributed by atoms with Crippen molar-refractivity contribution in [2.24, 2.45) is 5.73 Å². The predicted molar refractivity (Wildman–Crippen MR) is 219 cm³/mol. The maximum Gasteiger partial charge on any atom is 0.472 e. The van der Waals surface area contributed by atoms with Crippen LogP contribution in [-0.2, 0) is 27.9 Å². The van der Waals surface area contributed by atoms with Gasteiger partial charge in [-0.1, -0.05) is 130 Å². The monoisotopic (exact) mass is 746 g/mol. The Morgan fingerprint density at radius 1 is 0.577 bits per heavy atom. The van der Waals surface area contributed by atoms with E-state index in [9.17, 15) is 14.3 Å². The highest BCUT2D eigenvalue weighted by atomic mass is 31.2. The minimum absolute atomic E-state index is 0.0802. The minimum Gasteiger partial charge on any atom is -0.457 e. The van der Waals surface area contributed by atoms with Gasteiger partial charge >= 0.3 is 13.8 Å².